The van der Waals surface area contributed by atoms with Gasteiger partial charge in [0.1, 0.15) is 11.4 Å². The number of aromatic nitrogens is 2. The molecular weight excluding hydrogens is 240 g/mol. The van der Waals surface area contributed by atoms with Crippen molar-refractivity contribution < 1.29 is 9.53 Å². The average molecular weight is 258 g/mol. The SMILES string of the molecule is COc1ccc(C)cc1CC(=O)c1cc(C)nn1C. The van der Waals surface area contributed by atoms with Crippen LogP contribution < -0.4 is 4.74 Å². The topological polar surface area (TPSA) is 44.1 Å². The number of ketones is 1. The van der Waals surface area contributed by atoms with E-state index in [0.717, 1.165) is 22.6 Å². The maximum atomic E-state index is 12.3. The molecule has 19 heavy (non-hydrogen) atoms. The minimum Gasteiger partial charge on any atom is -0.496 e. The van der Waals surface area contributed by atoms with E-state index in [1.807, 2.05) is 38.1 Å². The molecule has 0 aliphatic carbocycles. The predicted octanol–water partition coefficient (Wildman–Crippen LogP) is 2.47. The molecule has 0 N–H and O–H groups in total. The standard InChI is InChI=1S/C15H18N2O2/c1-10-5-6-15(19-4)12(7-10)9-14(18)13-8-11(2)16-17(13)3/h5-8H,9H2,1-4H3. The molecule has 100 valence electrons. The van der Waals surface area contributed by atoms with E-state index in [2.05, 4.69) is 5.10 Å². The number of aryl methyl sites for hydroxylation is 3. The van der Waals surface area contributed by atoms with Gasteiger partial charge in [-0.1, -0.05) is 17.7 Å². The van der Waals surface area contributed by atoms with Crippen LogP contribution in [-0.4, -0.2) is 22.7 Å². The highest BCUT2D eigenvalue weighted by molar-refractivity contribution is 5.96. The molecule has 0 spiro atoms. The lowest BCUT2D eigenvalue weighted by atomic mass is 10.0. The van der Waals surface area contributed by atoms with Gasteiger partial charge < -0.3 is 4.74 Å². The lowest BCUT2D eigenvalue weighted by molar-refractivity contribution is 0.0983. The van der Waals surface area contributed by atoms with Crippen molar-refractivity contribution in [2.75, 3.05) is 7.11 Å². The molecule has 4 heteroatoms. The Hall–Kier alpha value is -2.10. The highest BCUT2D eigenvalue weighted by atomic mass is 16.5. The summed E-state index contributed by atoms with van der Waals surface area (Å²) in [5.74, 6) is 0.796. The van der Waals surface area contributed by atoms with Gasteiger partial charge in [-0.2, -0.15) is 5.10 Å². The number of nitrogens with zero attached hydrogens (tertiary/aromatic N) is 2. The van der Waals surface area contributed by atoms with Crippen LogP contribution in [0.3, 0.4) is 0 Å². The second kappa shape index (κ2) is 5.26. The van der Waals surface area contributed by atoms with Crippen LogP contribution in [-0.2, 0) is 13.5 Å². The van der Waals surface area contributed by atoms with E-state index in [1.54, 1.807) is 18.8 Å². The first kappa shape index (κ1) is 13.3. The molecule has 2 aromatic rings. The molecule has 0 saturated carbocycles. The smallest absolute Gasteiger partial charge is 0.185 e. The Labute approximate surface area is 113 Å². The first-order valence-corrected chi connectivity index (χ1v) is 6.18. The first-order valence-electron chi connectivity index (χ1n) is 6.18. The van der Waals surface area contributed by atoms with E-state index in [4.69, 9.17) is 4.74 Å². The fourth-order valence-electron chi connectivity index (χ4n) is 2.18. The van der Waals surface area contributed by atoms with Crippen molar-refractivity contribution in [2.24, 2.45) is 7.05 Å². The molecule has 1 aromatic carbocycles. The lowest BCUT2D eigenvalue weighted by Crippen LogP contribution is -2.10. The van der Waals surface area contributed by atoms with Crippen molar-refractivity contribution in [1.29, 1.82) is 0 Å². The molecule has 0 amide bonds. The zero-order valence-electron chi connectivity index (χ0n) is 11.7. The van der Waals surface area contributed by atoms with Crippen LogP contribution in [0.4, 0.5) is 0 Å². The van der Waals surface area contributed by atoms with E-state index in [0.29, 0.717) is 12.1 Å². The number of carbonyl (C=O) groups excluding carboxylic acids is 1. The number of benzene rings is 1. The summed E-state index contributed by atoms with van der Waals surface area (Å²) in [6, 6.07) is 7.66. The van der Waals surface area contributed by atoms with E-state index < -0.39 is 0 Å². The average Bonchev–Trinajstić information content (AvgIpc) is 2.69. The highest BCUT2D eigenvalue weighted by Crippen LogP contribution is 2.21. The largest absolute Gasteiger partial charge is 0.496 e. The molecular formula is C15H18N2O2. The van der Waals surface area contributed by atoms with E-state index in [1.165, 1.54) is 0 Å². The summed E-state index contributed by atoms with van der Waals surface area (Å²) in [6.45, 7) is 3.88. The number of Topliss-reactive ketones (excluding diaryl/α,β-unsaturated/α-hetero) is 1. The Bertz CT molecular complexity index is 615. The second-order valence-corrected chi connectivity index (χ2v) is 4.71. The van der Waals surface area contributed by atoms with Gasteiger partial charge in [-0.05, 0) is 26.0 Å². The number of hydrogen-bond acceptors (Lipinski definition) is 3. The van der Waals surface area contributed by atoms with Crippen molar-refractivity contribution in [1.82, 2.24) is 9.78 Å². The molecule has 2 rings (SSSR count). The summed E-state index contributed by atoms with van der Waals surface area (Å²) in [6.07, 6.45) is 0.323. The van der Waals surface area contributed by atoms with Crippen molar-refractivity contribution in [3.63, 3.8) is 0 Å². The fraction of sp³-hybridized carbons (Fsp3) is 0.333. The maximum absolute atomic E-state index is 12.3. The summed E-state index contributed by atoms with van der Waals surface area (Å²) in [5.41, 5.74) is 3.50. The van der Waals surface area contributed by atoms with E-state index >= 15 is 0 Å². The Morgan fingerprint density at radius 2 is 2.05 bits per heavy atom. The Morgan fingerprint density at radius 1 is 1.32 bits per heavy atom. The van der Waals surface area contributed by atoms with Crippen LogP contribution in [0, 0.1) is 13.8 Å². The molecule has 0 aliphatic rings. The van der Waals surface area contributed by atoms with Gasteiger partial charge in [0.2, 0.25) is 0 Å². The summed E-state index contributed by atoms with van der Waals surface area (Å²) in [7, 11) is 3.40. The quantitative estimate of drug-likeness (QED) is 0.791. The van der Waals surface area contributed by atoms with E-state index in [-0.39, 0.29) is 5.78 Å². The monoisotopic (exact) mass is 258 g/mol. The zero-order chi connectivity index (χ0) is 14.0. The van der Waals surface area contributed by atoms with Gasteiger partial charge in [-0.25, -0.2) is 0 Å². The molecule has 0 saturated heterocycles. The van der Waals surface area contributed by atoms with Crippen molar-refractivity contribution in [3.8, 4) is 5.75 Å². The molecule has 0 bridgehead atoms. The van der Waals surface area contributed by atoms with Crippen LogP contribution in [0.25, 0.3) is 0 Å². The van der Waals surface area contributed by atoms with Crippen LogP contribution in [0.5, 0.6) is 5.75 Å². The Balaban J connectivity index is 2.28. The third-order valence-electron chi connectivity index (χ3n) is 3.07. The fourth-order valence-corrected chi connectivity index (χ4v) is 2.18. The summed E-state index contributed by atoms with van der Waals surface area (Å²) >= 11 is 0. The van der Waals surface area contributed by atoms with Gasteiger partial charge in [-0.15, -0.1) is 0 Å². The highest BCUT2D eigenvalue weighted by Gasteiger charge is 2.15. The van der Waals surface area contributed by atoms with Crippen LogP contribution in [0.15, 0.2) is 24.3 Å². The van der Waals surface area contributed by atoms with Gasteiger partial charge >= 0.3 is 0 Å². The molecule has 0 unspecified atom stereocenters. The summed E-state index contributed by atoms with van der Waals surface area (Å²) < 4.78 is 6.92. The van der Waals surface area contributed by atoms with Crippen molar-refractivity contribution in [3.05, 3.63) is 46.8 Å². The Morgan fingerprint density at radius 3 is 2.63 bits per heavy atom. The molecule has 1 aromatic heterocycles. The number of ether oxygens (including phenoxy) is 1. The maximum Gasteiger partial charge on any atom is 0.185 e. The van der Waals surface area contributed by atoms with Gasteiger partial charge in [0.05, 0.1) is 12.8 Å². The summed E-state index contributed by atoms with van der Waals surface area (Å²) in [4.78, 5) is 12.3. The van der Waals surface area contributed by atoms with Crippen molar-refractivity contribution >= 4 is 5.78 Å². The van der Waals surface area contributed by atoms with Crippen LogP contribution in [0.1, 0.15) is 27.3 Å². The number of rotatable bonds is 4. The molecule has 0 atom stereocenters. The number of methoxy groups -OCH3 is 1. The van der Waals surface area contributed by atoms with Crippen molar-refractivity contribution in [2.45, 2.75) is 20.3 Å². The normalized spacial score (nSPS) is 10.5. The van der Waals surface area contributed by atoms with E-state index in [9.17, 15) is 4.79 Å². The van der Waals surface area contributed by atoms with Gasteiger partial charge in [0, 0.05) is 19.0 Å². The molecule has 0 radical (unpaired) electrons. The van der Waals surface area contributed by atoms with Gasteiger partial charge in [0.25, 0.3) is 0 Å². The van der Waals surface area contributed by atoms with Crippen LogP contribution in [0.2, 0.25) is 0 Å². The number of carbonyl (C=O) groups is 1. The lowest BCUT2D eigenvalue weighted by Gasteiger charge is -2.09. The third-order valence-corrected chi connectivity index (χ3v) is 3.07. The first-order chi connectivity index (χ1) is 9.01. The Kier molecular flexibility index (Phi) is 3.69. The second-order valence-electron chi connectivity index (χ2n) is 4.71. The molecule has 1 heterocycles. The third kappa shape index (κ3) is 2.84. The zero-order valence-corrected chi connectivity index (χ0v) is 11.7. The van der Waals surface area contributed by atoms with Crippen LogP contribution >= 0.6 is 0 Å². The molecule has 0 fully saturated rings. The minimum absolute atomic E-state index is 0.0481. The number of hydrogen-bond donors (Lipinski definition) is 0. The minimum atomic E-state index is 0.0481. The predicted molar refractivity (Wildman–Crippen MR) is 73.7 cm³/mol. The van der Waals surface area contributed by atoms with Gasteiger partial charge in [-0.3, -0.25) is 9.48 Å². The van der Waals surface area contributed by atoms with Gasteiger partial charge in [0.15, 0.2) is 5.78 Å². The molecule has 0 aliphatic heterocycles. The summed E-state index contributed by atoms with van der Waals surface area (Å²) in [5, 5.41) is 4.20. The molecule has 4 nitrogen and oxygen atoms in total.